The molecule has 0 aliphatic rings. The predicted molar refractivity (Wildman–Crippen MR) is 91.1 cm³/mol. The number of carbonyl (C=O) groups excluding carboxylic acids is 1. The van der Waals surface area contributed by atoms with Crippen molar-refractivity contribution in [3.05, 3.63) is 63.6 Å². The van der Waals surface area contributed by atoms with Crippen LogP contribution in [-0.4, -0.2) is 22.3 Å². The first kappa shape index (κ1) is 14.7. The second-order valence-electron chi connectivity index (χ2n) is 4.38. The molecular formula is C15H11BrN4OS. The highest BCUT2D eigenvalue weighted by Gasteiger charge is 2.11. The summed E-state index contributed by atoms with van der Waals surface area (Å²) < 4.78 is 1.02. The highest BCUT2D eigenvalue weighted by Crippen LogP contribution is 2.30. The first-order valence-electron chi connectivity index (χ1n) is 6.42. The van der Waals surface area contributed by atoms with E-state index in [9.17, 15) is 4.79 Å². The Bertz CT molecular complexity index is 810. The van der Waals surface area contributed by atoms with E-state index in [1.807, 2.05) is 42.5 Å². The van der Waals surface area contributed by atoms with Crippen LogP contribution in [0, 0.1) is 0 Å². The Balaban J connectivity index is 1.66. The number of hydrazone groups is 1. The first-order chi connectivity index (χ1) is 10.7. The fraction of sp³-hybridized carbons (Fsp3) is 0. The molecule has 3 aromatic rings. The van der Waals surface area contributed by atoms with Gasteiger partial charge in [0.15, 0.2) is 5.69 Å². The number of rotatable bonds is 4. The Kier molecular flexibility index (Phi) is 4.45. The van der Waals surface area contributed by atoms with Gasteiger partial charge in [-0.1, -0.05) is 30.3 Å². The molecule has 7 heteroatoms. The van der Waals surface area contributed by atoms with E-state index in [0.29, 0.717) is 5.69 Å². The Morgan fingerprint density at radius 3 is 2.82 bits per heavy atom. The van der Waals surface area contributed by atoms with E-state index >= 15 is 0 Å². The van der Waals surface area contributed by atoms with Crippen LogP contribution in [0.1, 0.15) is 16.1 Å². The van der Waals surface area contributed by atoms with Crippen molar-refractivity contribution < 1.29 is 4.79 Å². The number of aromatic amines is 1. The summed E-state index contributed by atoms with van der Waals surface area (Å²) >= 11 is 4.97. The first-order valence-corrected chi connectivity index (χ1v) is 8.03. The molecule has 110 valence electrons. The van der Waals surface area contributed by atoms with Gasteiger partial charge in [-0.3, -0.25) is 9.89 Å². The van der Waals surface area contributed by atoms with Crippen LogP contribution in [-0.2, 0) is 0 Å². The lowest BCUT2D eigenvalue weighted by atomic mass is 10.2. The summed E-state index contributed by atoms with van der Waals surface area (Å²) in [5.41, 5.74) is 4.47. The van der Waals surface area contributed by atoms with Crippen LogP contribution in [0.4, 0.5) is 0 Å². The molecule has 1 aromatic carbocycles. The Hall–Kier alpha value is -2.25. The number of amides is 1. The molecule has 0 saturated heterocycles. The molecular weight excluding hydrogens is 364 g/mol. The van der Waals surface area contributed by atoms with Crippen molar-refractivity contribution in [3.63, 3.8) is 0 Å². The van der Waals surface area contributed by atoms with Crippen LogP contribution < -0.4 is 5.43 Å². The Morgan fingerprint density at radius 2 is 2.09 bits per heavy atom. The molecule has 2 heterocycles. The number of hydrogen-bond donors (Lipinski definition) is 2. The van der Waals surface area contributed by atoms with Crippen molar-refractivity contribution in [1.82, 2.24) is 15.6 Å². The third kappa shape index (κ3) is 3.49. The van der Waals surface area contributed by atoms with E-state index in [-0.39, 0.29) is 5.91 Å². The molecule has 0 saturated carbocycles. The minimum absolute atomic E-state index is 0.296. The molecule has 0 fully saturated rings. The number of nitrogens with zero attached hydrogens (tertiary/aromatic N) is 2. The lowest BCUT2D eigenvalue weighted by Crippen LogP contribution is -2.17. The minimum Gasteiger partial charge on any atom is -0.276 e. The minimum atomic E-state index is -0.356. The van der Waals surface area contributed by atoms with E-state index in [1.54, 1.807) is 23.6 Å². The quantitative estimate of drug-likeness (QED) is 0.540. The summed E-state index contributed by atoms with van der Waals surface area (Å²) in [6.07, 6.45) is 1.59. The maximum atomic E-state index is 12.0. The normalized spacial score (nSPS) is 11.0. The van der Waals surface area contributed by atoms with E-state index in [1.165, 1.54) is 0 Å². The van der Waals surface area contributed by atoms with Crippen molar-refractivity contribution >= 4 is 39.4 Å². The summed E-state index contributed by atoms with van der Waals surface area (Å²) in [5.74, 6) is -0.356. The van der Waals surface area contributed by atoms with Gasteiger partial charge in [-0.25, -0.2) is 5.43 Å². The Morgan fingerprint density at radius 1 is 1.27 bits per heavy atom. The summed E-state index contributed by atoms with van der Waals surface area (Å²) in [7, 11) is 0. The van der Waals surface area contributed by atoms with E-state index in [2.05, 4.69) is 36.7 Å². The molecule has 0 aliphatic carbocycles. The number of hydrogen-bond acceptors (Lipinski definition) is 4. The molecule has 1 amide bonds. The highest BCUT2D eigenvalue weighted by molar-refractivity contribution is 9.11. The van der Waals surface area contributed by atoms with Crippen molar-refractivity contribution in [2.45, 2.75) is 0 Å². The van der Waals surface area contributed by atoms with E-state index in [4.69, 9.17) is 0 Å². The van der Waals surface area contributed by atoms with Crippen LogP contribution in [0.25, 0.3) is 10.6 Å². The van der Waals surface area contributed by atoms with Crippen LogP contribution in [0.2, 0.25) is 0 Å². The second kappa shape index (κ2) is 6.67. The highest BCUT2D eigenvalue weighted by atomic mass is 79.9. The molecule has 2 aromatic heterocycles. The molecule has 5 nitrogen and oxygen atoms in total. The molecule has 0 radical (unpaired) electrons. The van der Waals surface area contributed by atoms with Gasteiger partial charge in [-0.2, -0.15) is 10.2 Å². The van der Waals surface area contributed by atoms with Gasteiger partial charge in [-0.15, -0.1) is 11.3 Å². The molecule has 3 rings (SSSR count). The number of thiophene rings is 1. The number of benzene rings is 1. The summed E-state index contributed by atoms with van der Waals surface area (Å²) in [4.78, 5) is 13.0. The molecule has 0 aliphatic heterocycles. The van der Waals surface area contributed by atoms with Gasteiger partial charge in [0.25, 0.3) is 5.91 Å². The monoisotopic (exact) mass is 374 g/mol. The third-order valence-corrected chi connectivity index (χ3v) is 4.49. The van der Waals surface area contributed by atoms with Gasteiger partial charge in [-0.05, 0) is 39.7 Å². The van der Waals surface area contributed by atoms with Gasteiger partial charge in [0.1, 0.15) is 0 Å². The number of H-pyrrole nitrogens is 1. The van der Waals surface area contributed by atoms with Crippen molar-refractivity contribution in [2.75, 3.05) is 0 Å². The average molecular weight is 375 g/mol. The fourth-order valence-electron chi connectivity index (χ4n) is 1.79. The molecule has 0 spiro atoms. The number of halogens is 1. The molecule has 0 bridgehead atoms. The van der Waals surface area contributed by atoms with E-state index in [0.717, 1.165) is 19.9 Å². The van der Waals surface area contributed by atoms with Crippen molar-refractivity contribution in [1.29, 1.82) is 0 Å². The van der Waals surface area contributed by atoms with Gasteiger partial charge < -0.3 is 0 Å². The van der Waals surface area contributed by atoms with E-state index < -0.39 is 0 Å². The average Bonchev–Trinajstić information content (AvgIpc) is 3.17. The van der Waals surface area contributed by atoms with Crippen LogP contribution in [0.15, 0.2) is 57.4 Å². The predicted octanol–water partition coefficient (Wildman–Crippen LogP) is 3.66. The zero-order chi connectivity index (χ0) is 15.4. The van der Waals surface area contributed by atoms with Crippen molar-refractivity contribution in [3.8, 4) is 10.6 Å². The molecule has 0 atom stereocenters. The maximum Gasteiger partial charge on any atom is 0.291 e. The number of carbonyl (C=O) groups is 1. The number of aromatic nitrogens is 2. The van der Waals surface area contributed by atoms with Crippen molar-refractivity contribution in [2.24, 2.45) is 5.10 Å². The van der Waals surface area contributed by atoms with Gasteiger partial charge in [0.05, 0.1) is 20.6 Å². The Labute approximate surface area is 139 Å². The SMILES string of the molecule is O=C(N/N=C/c1ccccc1)c1cc(-c2ccc(Br)s2)[nH]n1. The number of nitrogens with one attached hydrogen (secondary N) is 2. The van der Waals surface area contributed by atoms with Gasteiger partial charge >= 0.3 is 0 Å². The summed E-state index contributed by atoms with van der Waals surface area (Å²) in [6.45, 7) is 0. The van der Waals surface area contributed by atoms with Crippen LogP contribution in [0.5, 0.6) is 0 Å². The van der Waals surface area contributed by atoms with Crippen LogP contribution >= 0.6 is 27.3 Å². The fourth-order valence-corrected chi connectivity index (χ4v) is 3.14. The topological polar surface area (TPSA) is 70.1 Å². The zero-order valence-electron chi connectivity index (χ0n) is 11.3. The second-order valence-corrected chi connectivity index (χ2v) is 6.84. The smallest absolute Gasteiger partial charge is 0.276 e. The molecule has 2 N–H and O–H groups in total. The summed E-state index contributed by atoms with van der Waals surface area (Å²) in [6, 6.07) is 15.1. The molecule has 0 unspecified atom stereocenters. The third-order valence-electron chi connectivity index (χ3n) is 2.83. The molecule has 22 heavy (non-hydrogen) atoms. The zero-order valence-corrected chi connectivity index (χ0v) is 13.7. The standard InChI is InChI=1S/C15H11BrN4OS/c16-14-7-6-13(22-14)11-8-12(19-18-11)15(21)20-17-9-10-4-2-1-3-5-10/h1-9H,(H,18,19)(H,20,21)/b17-9+. The maximum absolute atomic E-state index is 12.0. The summed E-state index contributed by atoms with van der Waals surface area (Å²) in [5, 5.41) is 10.8. The lowest BCUT2D eigenvalue weighted by Gasteiger charge is -1.94. The van der Waals surface area contributed by atoms with Crippen LogP contribution in [0.3, 0.4) is 0 Å². The lowest BCUT2D eigenvalue weighted by molar-refractivity contribution is 0.0950. The van der Waals surface area contributed by atoms with Gasteiger partial charge in [0, 0.05) is 0 Å². The van der Waals surface area contributed by atoms with Gasteiger partial charge in [0.2, 0.25) is 0 Å². The largest absolute Gasteiger partial charge is 0.291 e.